The van der Waals surface area contributed by atoms with Crippen molar-refractivity contribution in [3.63, 3.8) is 0 Å². The summed E-state index contributed by atoms with van der Waals surface area (Å²) in [7, 11) is 0. The molecule has 0 unspecified atom stereocenters. The molecule has 0 atom stereocenters. The number of hydrogen-bond acceptors (Lipinski definition) is 3. The molecule has 0 spiro atoms. The molecule has 0 N–H and O–H groups in total. The SMILES string of the molecule is CCCCOC1=C(CC)C(=O)c2ccccc2C1=O. The molecule has 1 aliphatic carbocycles. The Kier molecular flexibility index (Phi) is 4.15. The lowest BCUT2D eigenvalue weighted by Gasteiger charge is -2.20. The quantitative estimate of drug-likeness (QED) is 0.759. The molecule has 1 aromatic carbocycles. The highest BCUT2D eigenvalue weighted by atomic mass is 16.5. The zero-order valence-electron chi connectivity index (χ0n) is 11.4. The summed E-state index contributed by atoms with van der Waals surface area (Å²) >= 11 is 0. The molecule has 0 saturated heterocycles. The van der Waals surface area contributed by atoms with Gasteiger partial charge in [-0.1, -0.05) is 44.5 Å². The van der Waals surface area contributed by atoms with Crippen molar-refractivity contribution in [2.75, 3.05) is 6.61 Å². The summed E-state index contributed by atoms with van der Waals surface area (Å²) in [6, 6.07) is 6.93. The summed E-state index contributed by atoms with van der Waals surface area (Å²) in [5.41, 5.74) is 1.45. The summed E-state index contributed by atoms with van der Waals surface area (Å²) < 4.78 is 5.58. The molecule has 0 heterocycles. The first kappa shape index (κ1) is 13.5. The van der Waals surface area contributed by atoms with Crippen molar-refractivity contribution in [1.29, 1.82) is 0 Å². The minimum absolute atomic E-state index is 0.0794. The number of ketones is 2. The van der Waals surface area contributed by atoms with Crippen LogP contribution in [0.1, 0.15) is 53.8 Å². The maximum absolute atomic E-state index is 12.4. The van der Waals surface area contributed by atoms with Gasteiger partial charge in [0.25, 0.3) is 0 Å². The highest BCUT2D eigenvalue weighted by Crippen LogP contribution is 2.28. The average Bonchev–Trinajstić information content (AvgIpc) is 2.44. The van der Waals surface area contributed by atoms with E-state index in [0.717, 1.165) is 12.8 Å². The molecule has 0 radical (unpaired) electrons. The Morgan fingerprint density at radius 1 is 1.00 bits per heavy atom. The highest BCUT2D eigenvalue weighted by molar-refractivity contribution is 6.26. The summed E-state index contributed by atoms with van der Waals surface area (Å²) in [6.07, 6.45) is 2.39. The largest absolute Gasteiger partial charge is 0.489 e. The fourth-order valence-electron chi connectivity index (χ4n) is 2.20. The third-order valence-corrected chi connectivity index (χ3v) is 3.27. The molecule has 0 saturated carbocycles. The van der Waals surface area contributed by atoms with Crippen LogP contribution in [0.25, 0.3) is 0 Å². The van der Waals surface area contributed by atoms with Gasteiger partial charge in [0.2, 0.25) is 5.78 Å². The lowest BCUT2D eigenvalue weighted by molar-refractivity contribution is 0.0866. The van der Waals surface area contributed by atoms with Crippen LogP contribution in [0.5, 0.6) is 0 Å². The molecule has 3 heteroatoms. The molecule has 0 aliphatic heterocycles. The van der Waals surface area contributed by atoms with Crippen molar-refractivity contribution in [1.82, 2.24) is 0 Å². The topological polar surface area (TPSA) is 43.4 Å². The van der Waals surface area contributed by atoms with E-state index in [1.807, 2.05) is 6.92 Å². The van der Waals surface area contributed by atoms with Crippen LogP contribution in [0.2, 0.25) is 0 Å². The zero-order chi connectivity index (χ0) is 13.8. The van der Waals surface area contributed by atoms with Crippen molar-refractivity contribution in [2.24, 2.45) is 0 Å². The number of fused-ring (bicyclic) bond motifs is 1. The van der Waals surface area contributed by atoms with Gasteiger partial charge >= 0.3 is 0 Å². The number of Topliss-reactive ketones (excluding diaryl/α,β-unsaturated/α-hetero) is 2. The number of unbranched alkanes of at least 4 members (excludes halogenated alkanes) is 1. The Hall–Kier alpha value is -1.90. The molecule has 0 fully saturated rings. The summed E-state index contributed by atoms with van der Waals surface area (Å²) in [5, 5.41) is 0. The van der Waals surface area contributed by atoms with Crippen molar-refractivity contribution < 1.29 is 14.3 Å². The maximum Gasteiger partial charge on any atom is 0.228 e. The van der Waals surface area contributed by atoms with Crippen LogP contribution in [0.4, 0.5) is 0 Å². The third kappa shape index (κ3) is 2.46. The van der Waals surface area contributed by atoms with Crippen LogP contribution < -0.4 is 0 Å². The first-order valence-corrected chi connectivity index (χ1v) is 6.75. The minimum Gasteiger partial charge on any atom is -0.489 e. The average molecular weight is 258 g/mol. The van der Waals surface area contributed by atoms with Gasteiger partial charge in [0.15, 0.2) is 11.5 Å². The number of benzene rings is 1. The van der Waals surface area contributed by atoms with E-state index in [1.165, 1.54) is 0 Å². The first-order valence-electron chi connectivity index (χ1n) is 6.75. The van der Waals surface area contributed by atoms with E-state index >= 15 is 0 Å². The molecule has 3 nitrogen and oxygen atoms in total. The number of carbonyl (C=O) groups excluding carboxylic acids is 2. The summed E-state index contributed by atoms with van der Waals surface area (Å²) in [5.74, 6) is 0.00648. The van der Waals surface area contributed by atoms with Gasteiger partial charge in [-0.25, -0.2) is 0 Å². The van der Waals surface area contributed by atoms with Crippen molar-refractivity contribution in [3.8, 4) is 0 Å². The van der Waals surface area contributed by atoms with Gasteiger partial charge in [-0.3, -0.25) is 9.59 Å². The normalized spacial score (nSPS) is 14.6. The Morgan fingerprint density at radius 2 is 1.63 bits per heavy atom. The Morgan fingerprint density at radius 3 is 2.21 bits per heavy atom. The molecule has 1 aliphatic rings. The van der Waals surface area contributed by atoms with Gasteiger partial charge in [-0.05, 0) is 12.8 Å². The second kappa shape index (κ2) is 5.83. The molecule has 19 heavy (non-hydrogen) atoms. The van der Waals surface area contributed by atoms with E-state index in [2.05, 4.69) is 6.92 Å². The van der Waals surface area contributed by atoms with Gasteiger partial charge in [-0.15, -0.1) is 0 Å². The molecule has 0 bridgehead atoms. The van der Waals surface area contributed by atoms with Gasteiger partial charge in [0.05, 0.1) is 6.61 Å². The summed E-state index contributed by atoms with van der Waals surface area (Å²) in [6.45, 7) is 4.41. The third-order valence-electron chi connectivity index (χ3n) is 3.27. The van der Waals surface area contributed by atoms with Crippen LogP contribution in [0.15, 0.2) is 35.6 Å². The molecule has 1 aromatic rings. The first-order chi connectivity index (χ1) is 9.20. The van der Waals surface area contributed by atoms with E-state index in [4.69, 9.17) is 4.74 Å². The van der Waals surface area contributed by atoms with E-state index in [-0.39, 0.29) is 17.3 Å². The van der Waals surface area contributed by atoms with Crippen LogP contribution in [0.3, 0.4) is 0 Å². The zero-order valence-corrected chi connectivity index (χ0v) is 11.4. The van der Waals surface area contributed by atoms with Crippen molar-refractivity contribution in [2.45, 2.75) is 33.1 Å². The Bertz CT molecular complexity index is 541. The number of hydrogen-bond donors (Lipinski definition) is 0. The number of rotatable bonds is 5. The van der Waals surface area contributed by atoms with Gasteiger partial charge in [0, 0.05) is 16.7 Å². The van der Waals surface area contributed by atoms with Crippen LogP contribution in [-0.4, -0.2) is 18.2 Å². The highest BCUT2D eigenvalue weighted by Gasteiger charge is 2.32. The van der Waals surface area contributed by atoms with E-state index in [0.29, 0.717) is 29.7 Å². The van der Waals surface area contributed by atoms with Gasteiger partial charge in [0.1, 0.15) is 0 Å². The van der Waals surface area contributed by atoms with Crippen molar-refractivity contribution in [3.05, 3.63) is 46.7 Å². The van der Waals surface area contributed by atoms with E-state index in [1.54, 1.807) is 24.3 Å². The number of ether oxygens (including phenoxy) is 1. The predicted octanol–water partition coefficient (Wildman–Crippen LogP) is 3.55. The fraction of sp³-hybridized carbons (Fsp3) is 0.375. The standard InChI is InChI=1S/C16H18O3/c1-3-5-10-19-16-11(4-2)14(17)12-8-6-7-9-13(12)15(16)18/h6-9H,3-5,10H2,1-2H3. The van der Waals surface area contributed by atoms with Crippen LogP contribution >= 0.6 is 0 Å². The van der Waals surface area contributed by atoms with Gasteiger partial charge < -0.3 is 4.74 Å². The maximum atomic E-state index is 12.4. The predicted molar refractivity (Wildman–Crippen MR) is 73.3 cm³/mol. The molecule has 0 amide bonds. The van der Waals surface area contributed by atoms with Crippen LogP contribution in [0, 0.1) is 0 Å². The van der Waals surface area contributed by atoms with E-state index in [9.17, 15) is 9.59 Å². The van der Waals surface area contributed by atoms with E-state index < -0.39 is 0 Å². The fourth-order valence-corrected chi connectivity index (χ4v) is 2.20. The number of allylic oxidation sites excluding steroid dienone is 2. The number of carbonyl (C=O) groups is 2. The second-order valence-corrected chi connectivity index (χ2v) is 4.57. The molecule has 2 rings (SSSR count). The molecular formula is C16H18O3. The smallest absolute Gasteiger partial charge is 0.228 e. The minimum atomic E-state index is -0.164. The monoisotopic (exact) mass is 258 g/mol. The van der Waals surface area contributed by atoms with Crippen LogP contribution in [-0.2, 0) is 4.74 Å². The summed E-state index contributed by atoms with van der Waals surface area (Å²) in [4.78, 5) is 24.7. The molecule has 0 aromatic heterocycles. The van der Waals surface area contributed by atoms with Gasteiger partial charge in [-0.2, -0.15) is 0 Å². The Balaban J connectivity index is 2.39. The second-order valence-electron chi connectivity index (χ2n) is 4.57. The molecular weight excluding hydrogens is 240 g/mol. The Labute approximate surface area is 113 Å². The lowest BCUT2D eigenvalue weighted by atomic mass is 9.87. The van der Waals surface area contributed by atoms with Crippen molar-refractivity contribution >= 4 is 11.6 Å². The lowest BCUT2D eigenvalue weighted by Crippen LogP contribution is -2.23. The molecule has 100 valence electrons.